The molecule has 0 fully saturated rings. The van der Waals surface area contributed by atoms with Crippen molar-refractivity contribution in [3.63, 3.8) is 0 Å². The van der Waals surface area contributed by atoms with Gasteiger partial charge in [-0.3, -0.25) is 4.79 Å². The maximum absolute atomic E-state index is 11.9. The van der Waals surface area contributed by atoms with Crippen LogP contribution in [0.5, 0.6) is 0 Å². The number of hydrogen-bond donors (Lipinski definition) is 2. The first-order chi connectivity index (χ1) is 8.02. The normalized spacial score (nSPS) is 12.5. The monoisotopic (exact) mass is 236 g/mol. The number of amides is 1. The van der Waals surface area contributed by atoms with E-state index in [1.807, 2.05) is 20.8 Å². The first-order valence-corrected chi connectivity index (χ1v) is 5.86. The molecule has 1 aromatic rings. The summed E-state index contributed by atoms with van der Waals surface area (Å²) in [5.41, 5.74) is 6.94. The Hall–Kier alpha value is -1.49. The zero-order valence-electron chi connectivity index (χ0n) is 10.6. The first kappa shape index (κ1) is 13.6. The minimum Gasteiger partial charge on any atom is -0.352 e. The van der Waals surface area contributed by atoms with Crippen LogP contribution in [0.4, 0.5) is 0 Å². The molecule has 1 unspecified atom stereocenters. The molecule has 0 spiro atoms. The Morgan fingerprint density at radius 3 is 2.76 bits per heavy atom. The molecule has 1 aromatic heterocycles. The van der Waals surface area contributed by atoms with Gasteiger partial charge < -0.3 is 11.1 Å². The average molecular weight is 236 g/mol. The van der Waals surface area contributed by atoms with E-state index in [-0.39, 0.29) is 17.9 Å². The summed E-state index contributed by atoms with van der Waals surface area (Å²) in [5, 5.41) is 2.83. The number of hydrogen-bond acceptors (Lipinski definition) is 4. The van der Waals surface area contributed by atoms with Crippen molar-refractivity contribution in [3.05, 3.63) is 23.8 Å². The lowest BCUT2D eigenvalue weighted by molar-refractivity contribution is 0.0950. The van der Waals surface area contributed by atoms with Gasteiger partial charge in [0.25, 0.3) is 5.91 Å². The number of rotatable bonds is 5. The van der Waals surface area contributed by atoms with Gasteiger partial charge in [0.15, 0.2) is 0 Å². The summed E-state index contributed by atoms with van der Waals surface area (Å²) in [6.07, 6.45) is 3.79. The number of nitrogens with one attached hydrogen (secondary N) is 1. The van der Waals surface area contributed by atoms with Crippen LogP contribution in [0.2, 0.25) is 0 Å². The van der Waals surface area contributed by atoms with Gasteiger partial charge in [0.1, 0.15) is 6.33 Å². The van der Waals surface area contributed by atoms with Crippen molar-refractivity contribution in [2.75, 3.05) is 6.54 Å². The van der Waals surface area contributed by atoms with Crippen LogP contribution in [0, 0.1) is 0 Å². The summed E-state index contributed by atoms with van der Waals surface area (Å²) in [4.78, 5) is 20.0. The standard InChI is InChI=1S/C12H20N4O/c1-8(2)11-10(6-14-7-16-11)12(17)15-5-4-9(3)13/h6-9H,4-5,13H2,1-3H3,(H,15,17). The quantitative estimate of drug-likeness (QED) is 0.801. The summed E-state index contributed by atoms with van der Waals surface area (Å²) >= 11 is 0. The van der Waals surface area contributed by atoms with Gasteiger partial charge in [-0.05, 0) is 19.3 Å². The van der Waals surface area contributed by atoms with Crippen molar-refractivity contribution in [1.82, 2.24) is 15.3 Å². The lowest BCUT2D eigenvalue weighted by Gasteiger charge is -2.11. The minimum atomic E-state index is -0.130. The highest BCUT2D eigenvalue weighted by Crippen LogP contribution is 2.15. The third kappa shape index (κ3) is 4.11. The Kier molecular flexibility index (Phi) is 5.03. The Bertz CT molecular complexity index is 377. The number of aromatic nitrogens is 2. The Morgan fingerprint density at radius 1 is 1.47 bits per heavy atom. The lowest BCUT2D eigenvalue weighted by atomic mass is 10.0. The van der Waals surface area contributed by atoms with Crippen molar-refractivity contribution in [2.45, 2.75) is 39.2 Å². The first-order valence-electron chi connectivity index (χ1n) is 5.86. The van der Waals surface area contributed by atoms with Crippen molar-refractivity contribution in [1.29, 1.82) is 0 Å². The summed E-state index contributed by atoms with van der Waals surface area (Å²) in [5.74, 6) is 0.0714. The fraction of sp³-hybridized carbons (Fsp3) is 0.583. The van der Waals surface area contributed by atoms with Crippen LogP contribution in [-0.4, -0.2) is 28.5 Å². The molecule has 0 aliphatic rings. The van der Waals surface area contributed by atoms with E-state index < -0.39 is 0 Å². The van der Waals surface area contributed by atoms with E-state index in [9.17, 15) is 4.79 Å². The lowest BCUT2D eigenvalue weighted by Crippen LogP contribution is -2.30. The molecule has 0 saturated heterocycles. The van der Waals surface area contributed by atoms with Gasteiger partial charge in [-0.1, -0.05) is 13.8 Å². The molecule has 1 rings (SSSR count). The van der Waals surface area contributed by atoms with Gasteiger partial charge in [0.05, 0.1) is 11.3 Å². The smallest absolute Gasteiger partial charge is 0.254 e. The summed E-state index contributed by atoms with van der Waals surface area (Å²) in [6.45, 7) is 6.49. The van der Waals surface area contributed by atoms with E-state index in [1.165, 1.54) is 6.33 Å². The van der Waals surface area contributed by atoms with E-state index in [0.29, 0.717) is 12.1 Å². The largest absolute Gasteiger partial charge is 0.352 e. The highest BCUT2D eigenvalue weighted by Gasteiger charge is 2.14. The zero-order valence-corrected chi connectivity index (χ0v) is 10.6. The zero-order chi connectivity index (χ0) is 12.8. The molecule has 5 heteroatoms. The Labute approximate surface area is 102 Å². The molecule has 1 heterocycles. The molecule has 5 nitrogen and oxygen atoms in total. The molecule has 0 radical (unpaired) electrons. The van der Waals surface area contributed by atoms with Crippen molar-refractivity contribution in [2.24, 2.45) is 5.73 Å². The Morgan fingerprint density at radius 2 is 2.18 bits per heavy atom. The molecule has 94 valence electrons. The predicted molar refractivity (Wildman–Crippen MR) is 66.7 cm³/mol. The minimum absolute atomic E-state index is 0.0897. The van der Waals surface area contributed by atoms with Gasteiger partial charge in [0.2, 0.25) is 0 Å². The molecule has 3 N–H and O–H groups in total. The second kappa shape index (κ2) is 6.30. The fourth-order valence-electron chi connectivity index (χ4n) is 1.48. The van der Waals surface area contributed by atoms with E-state index in [0.717, 1.165) is 12.1 Å². The number of carbonyl (C=O) groups is 1. The summed E-state index contributed by atoms with van der Waals surface area (Å²) in [6, 6.07) is 0.0897. The van der Waals surface area contributed by atoms with E-state index in [4.69, 9.17) is 5.73 Å². The number of carbonyl (C=O) groups excluding carboxylic acids is 1. The molecule has 1 atom stereocenters. The molecule has 0 aliphatic heterocycles. The molecule has 0 aliphatic carbocycles. The maximum Gasteiger partial charge on any atom is 0.254 e. The van der Waals surface area contributed by atoms with Gasteiger partial charge in [-0.15, -0.1) is 0 Å². The second-order valence-electron chi connectivity index (χ2n) is 4.50. The van der Waals surface area contributed by atoms with Crippen LogP contribution >= 0.6 is 0 Å². The van der Waals surface area contributed by atoms with Gasteiger partial charge >= 0.3 is 0 Å². The molecule has 0 aromatic carbocycles. The molecular weight excluding hydrogens is 216 g/mol. The highest BCUT2D eigenvalue weighted by molar-refractivity contribution is 5.95. The van der Waals surface area contributed by atoms with Crippen LogP contribution in [0.3, 0.4) is 0 Å². The van der Waals surface area contributed by atoms with E-state index in [2.05, 4.69) is 15.3 Å². The highest BCUT2D eigenvalue weighted by atomic mass is 16.1. The van der Waals surface area contributed by atoms with Crippen LogP contribution in [0.15, 0.2) is 12.5 Å². The maximum atomic E-state index is 11.9. The third-order valence-corrected chi connectivity index (χ3v) is 2.42. The Balaban J connectivity index is 2.68. The predicted octanol–water partition coefficient (Wildman–Crippen LogP) is 1.07. The number of nitrogens with zero attached hydrogens (tertiary/aromatic N) is 2. The van der Waals surface area contributed by atoms with Crippen molar-refractivity contribution in [3.8, 4) is 0 Å². The molecule has 1 amide bonds. The molecule has 0 saturated carbocycles. The van der Waals surface area contributed by atoms with Crippen LogP contribution in [0.25, 0.3) is 0 Å². The van der Waals surface area contributed by atoms with Gasteiger partial charge in [0, 0.05) is 18.8 Å². The van der Waals surface area contributed by atoms with Crippen LogP contribution in [0.1, 0.15) is 49.2 Å². The van der Waals surface area contributed by atoms with Gasteiger partial charge in [-0.25, -0.2) is 9.97 Å². The van der Waals surface area contributed by atoms with Gasteiger partial charge in [-0.2, -0.15) is 0 Å². The molecule has 0 bridgehead atoms. The fourth-order valence-corrected chi connectivity index (χ4v) is 1.48. The van der Waals surface area contributed by atoms with E-state index >= 15 is 0 Å². The van der Waals surface area contributed by atoms with Crippen molar-refractivity contribution >= 4 is 5.91 Å². The second-order valence-corrected chi connectivity index (χ2v) is 4.50. The van der Waals surface area contributed by atoms with Crippen molar-refractivity contribution < 1.29 is 4.79 Å². The SMILES string of the molecule is CC(N)CCNC(=O)c1cncnc1C(C)C. The van der Waals surface area contributed by atoms with Crippen LogP contribution < -0.4 is 11.1 Å². The molecular formula is C12H20N4O. The number of nitrogens with two attached hydrogens (primary N) is 1. The third-order valence-electron chi connectivity index (χ3n) is 2.42. The topological polar surface area (TPSA) is 80.9 Å². The average Bonchev–Trinajstić information content (AvgIpc) is 2.28. The van der Waals surface area contributed by atoms with E-state index in [1.54, 1.807) is 6.20 Å². The van der Waals surface area contributed by atoms with Crippen LogP contribution in [-0.2, 0) is 0 Å². The summed E-state index contributed by atoms with van der Waals surface area (Å²) < 4.78 is 0. The molecule has 17 heavy (non-hydrogen) atoms. The summed E-state index contributed by atoms with van der Waals surface area (Å²) in [7, 11) is 0.